The molecule has 0 bridgehead atoms. The zero-order chi connectivity index (χ0) is 9.97. The van der Waals surface area contributed by atoms with E-state index in [1.54, 1.807) is 0 Å². The summed E-state index contributed by atoms with van der Waals surface area (Å²) >= 11 is 1.08. The lowest BCUT2D eigenvalue weighted by molar-refractivity contribution is -0.380. The molecule has 5 nitrogen and oxygen atoms in total. The van der Waals surface area contributed by atoms with Gasteiger partial charge in [-0.3, -0.25) is 10.1 Å². The van der Waals surface area contributed by atoms with Crippen LogP contribution in [-0.2, 0) is 0 Å². The average Bonchev–Trinajstić information content (AvgIpc) is 2.75. The van der Waals surface area contributed by atoms with E-state index in [1.807, 2.05) is 0 Å². The van der Waals surface area contributed by atoms with Gasteiger partial charge in [-0.15, -0.1) is 0 Å². The second-order valence-electron chi connectivity index (χ2n) is 3.04. The molecule has 14 heavy (non-hydrogen) atoms. The monoisotopic (exact) mass is 211 g/mol. The maximum absolute atomic E-state index is 10.4. The Bertz CT molecular complexity index is 366. The van der Waals surface area contributed by atoms with Crippen molar-refractivity contribution < 1.29 is 4.92 Å². The number of hydrogen-bond donors (Lipinski definition) is 1. The molecule has 0 unspecified atom stereocenters. The first-order valence-electron chi connectivity index (χ1n) is 4.27. The van der Waals surface area contributed by atoms with E-state index in [2.05, 4.69) is 22.5 Å². The number of hydrogen-bond acceptors (Lipinski definition) is 5. The van der Waals surface area contributed by atoms with Crippen LogP contribution in [0.15, 0.2) is 18.3 Å². The fourth-order valence-electron chi connectivity index (χ4n) is 1.33. The minimum atomic E-state index is -0.421. The molecule has 0 saturated carbocycles. The maximum atomic E-state index is 10.4. The van der Waals surface area contributed by atoms with Crippen molar-refractivity contribution in [1.82, 2.24) is 4.98 Å². The van der Waals surface area contributed by atoms with Crippen LogP contribution in [0.2, 0.25) is 0 Å². The van der Waals surface area contributed by atoms with E-state index in [9.17, 15) is 10.1 Å². The lowest BCUT2D eigenvalue weighted by Gasteiger charge is -2.08. The topological polar surface area (TPSA) is 68.1 Å². The molecule has 0 radical (unpaired) electrons. The Hall–Kier alpha value is -1.43. The molecule has 1 N–H and O–H groups in total. The lowest BCUT2D eigenvalue weighted by Crippen LogP contribution is -2.14. The minimum absolute atomic E-state index is 0.0819. The summed E-state index contributed by atoms with van der Waals surface area (Å²) < 4.78 is 0. The molecule has 0 atom stereocenters. The summed E-state index contributed by atoms with van der Waals surface area (Å²) in [6.45, 7) is 0. The smallest absolute Gasteiger partial charge is 0.345 e. The van der Waals surface area contributed by atoms with E-state index >= 15 is 0 Å². The Morgan fingerprint density at radius 3 is 2.86 bits per heavy atom. The number of anilines is 1. The Labute approximate surface area is 84.6 Å². The van der Waals surface area contributed by atoms with Crippen LogP contribution >= 0.6 is 11.3 Å². The maximum Gasteiger partial charge on any atom is 0.345 e. The van der Waals surface area contributed by atoms with Gasteiger partial charge in [0.2, 0.25) is 0 Å². The SMILES string of the molecule is O=[N+]([O-])c1cnc(NC2CC=CC2)s1. The molecule has 1 aromatic rings. The first-order valence-corrected chi connectivity index (χ1v) is 5.09. The average molecular weight is 211 g/mol. The van der Waals surface area contributed by atoms with Gasteiger partial charge in [-0.25, -0.2) is 4.98 Å². The summed E-state index contributed by atoms with van der Waals surface area (Å²) in [6.07, 6.45) is 7.41. The van der Waals surface area contributed by atoms with E-state index in [-0.39, 0.29) is 5.00 Å². The molecular formula is C8H9N3O2S. The molecule has 74 valence electrons. The molecule has 0 amide bonds. The second-order valence-corrected chi connectivity index (χ2v) is 4.05. The lowest BCUT2D eigenvalue weighted by atomic mass is 10.2. The van der Waals surface area contributed by atoms with Gasteiger partial charge in [-0.05, 0) is 24.2 Å². The largest absolute Gasteiger partial charge is 0.358 e. The predicted molar refractivity (Wildman–Crippen MR) is 54.6 cm³/mol. The first kappa shape index (κ1) is 9.14. The third-order valence-electron chi connectivity index (χ3n) is 2.01. The number of nitrogens with zero attached hydrogens (tertiary/aromatic N) is 2. The van der Waals surface area contributed by atoms with Crippen molar-refractivity contribution in [3.8, 4) is 0 Å². The number of aromatic nitrogens is 1. The van der Waals surface area contributed by atoms with Crippen molar-refractivity contribution in [3.63, 3.8) is 0 Å². The van der Waals surface area contributed by atoms with Crippen LogP contribution in [-0.4, -0.2) is 15.9 Å². The molecule has 0 fully saturated rings. The molecule has 1 aromatic heterocycles. The number of nitro groups is 1. The molecule has 1 aliphatic rings. The van der Waals surface area contributed by atoms with Crippen molar-refractivity contribution in [1.29, 1.82) is 0 Å². The first-order chi connectivity index (χ1) is 6.75. The highest BCUT2D eigenvalue weighted by molar-refractivity contribution is 7.18. The Morgan fingerprint density at radius 1 is 1.57 bits per heavy atom. The third-order valence-corrected chi connectivity index (χ3v) is 2.89. The van der Waals surface area contributed by atoms with Gasteiger partial charge in [0.25, 0.3) is 0 Å². The molecule has 0 spiro atoms. The van der Waals surface area contributed by atoms with Crippen molar-refractivity contribution in [2.24, 2.45) is 0 Å². The van der Waals surface area contributed by atoms with Crippen LogP contribution in [0.25, 0.3) is 0 Å². The zero-order valence-electron chi connectivity index (χ0n) is 7.34. The van der Waals surface area contributed by atoms with Gasteiger partial charge in [0.1, 0.15) is 6.20 Å². The van der Waals surface area contributed by atoms with Gasteiger partial charge >= 0.3 is 5.00 Å². The quantitative estimate of drug-likeness (QED) is 0.472. The van der Waals surface area contributed by atoms with Crippen LogP contribution in [0.4, 0.5) is 10.1 Å². The molecule has 0 saturated heterocycles. The third kappa shape index (κ3) is 1.90. The summed E-state index contributed by atoms with van der Waals surface area (Å²) in [6, 6.07) is 0.348. The molecule has 1 aliphatic carbocycles. The highest BCUT2D eigenvalue weighted by atomic mass is 32.1. The van der Waals surface area contributed by atoms with Crippen molar-refractivity contribution in [2.45, 2.75) is 18.9 Å². The van der Waals surface area contributed by atoms with Gasteiger partial charge in [-0.1, -0.05) is 12.2 Å². The Kier molecular flexibility index (Phi) is 2.45. The van der Waals surface area contributed by atoms with Crippen LogP contribution in [0.1, 0.15) is 12.8 Å². The van der Waals surface area contributed by atoms with Crippen LogP contribution in [0.3, 0.4) is 0 Å². The van der Waals surface area contributed by atoms with Gasteiger partial charge < -0.3 is 5.32 Å². The van der Waals surface area contributed by atoms with Crippen LogP contribution in [0.5, 0.6) is 0 Å². The minimum Gasteiger partial charge on any atom is -0.358 e. The fourth-order valence-corrected chi connectivity index (χ4v) is 2.04. The molecule has 0 aromatic carbocycles. The van der Waals surface area contributed by atoms with Gasteiger partial charge in [0.15, 0.2) is 5.13 Å². The zero-order valence-corrected chi connectivity index (χ0v) is 8.16. The molecule has 0 aliphatic heterocycles. The van der Waals surface area contributed by atoms with E-state index < -0.39 is 4.92 Å². The summed E-state index contributed by atoms with van der Waals surface area (Å²) in [7, 11) is 0. The highest BCUT2D eigenvalue weighted by Crippen LogP contribution is 2.27. The van der Waals surface area contributed by atoms with Crippen molar-refractivity contribution in [3.05, 3.63) is 28.5 Å². The second kappa shape index (κ2) is 3.75. The summed E-state index contributed by atoms with van der Waals surface area (Å²) in [5.41, 5.74) is 0. The van der Waals surface area contributed by atoms with E-state index in [0.717, 1.165) is 24.2 Å². The molecule has 6 heteroatoms. The predicted octanol–water partition coefficient (Wildman–Crippen LogP) is 2.18. The molecule has 1 heterocycles. The Balaban J connectivity index is 1.99. The van der Waals surface area contributed by atoms with E-state index in [1.165, 1.54) is 6.20 Å². The number of thiazole rings is 1. The summed E-state index contributed by atoms with van der Waals surface area (Å²) in [4.78, 5) is 13.9. The normalized spacial score (nSPS) is 16.0. The Morgan fingerprint density at radius 2 is 2.29 bits per heavy atom. The standard InChI is InChI=1S/C8H9N3O2S/c12-11(13)7-5-9-8(14-7)10-6-3-1-2-4-6/h1-2,5-6H,3-4H2,(H,9,10). The van der Waals surface area contributed by atoms with Gasteiger partial charge in [-0.2, -0.15) is 0 Å². The summed E-state index contributed by atoms with van der Waals surface area (Å²) in [5, 5.41) is 14.3. The fraction of sp³-hybridized carbons (Fsp3) is 0.375. The van der Waals surface area contributed by atoms with Crippen molar-refractivity contribution >= 4 is 21.5 Å². The van der Waals surface area contributed by atoms with Crippen LogP contribution < -0.4 is 5.32 Å². The van der Waals surface area contributed by atoms with Crippen molar-refractivity contribution in [2.75, 3.05) is 5.32 Å². The van der Waals surface area contributed by atoms with E-state index in [0.29, 0.717) is 11.2 Å². The number of rotatable bonds is 3. The number of nitrogens with one attached hydrogen (secondary N) is 1. The van der Waals surface area contributed by atoms with E-state index in [4.69, 9.17) is 0 Å². The summed E-state index contributed by atoms with van der Waals surface area (Å²) in [5.74, 6) is 0. The van der Waals surface area contributed by atoms with Gasteiger partial charge in [0, 0.05) is 6.04 Å². The molecule has 2 rings (SSSR count). The van der Waals surface area contributed by atoms with Crippen LogP contribution in [0, 0.1) is 10.1 Å². The highest BCUT2D eigenvalue weighted by Gasteiger charge is 2.15. The molecular weight excluding hydrogens is 202 g/mol. The van der Waals surface area contributed by atoms with Gasteiger partial charge in [0.05, 0.1) is 4.92 Å².